The molecule has 0 aromatic carbocycles. The van der Waals surface area contributed by atoms with Gasteiger partial charge >= 0.3 is 0 Å². The van der Waals surface area contributed by atoms with Crippen molar-refractivity contribution in [2.75, 3.05) is 6.54 Å². The van der Waals surface area contributed by atoms with E-state index in [9.17, 15) is 4.79 Å². The summed E-state index contributed by atoms with van der Waals surface area (Å²) < 4.78 is 0. The van der Waals surface area contributed by atoms with Gasteiger partial charge in [0.05, 0.1) is 13.1 Å². The fraction of sp³-hybridized carbons (Fsp3) is 0.556. The Hall–Kier alpha value is -1.36. The van der Waals surface area contributed by atoms with Crippen LogP contribution in [0.2, 0.25) is 0 Å². The number of rotatable bonds is 5. The minimum Gasteiger partial charge on any atom is -0.353 e. The summed E-state index contributed by atoms with van der Waals surface area (Å²) in [5.74, 6) is 0.842. The van der Waals surface area contributed by atoms with E-state index < -0.39 is 0 Å². The van der Waals surface area contributed by atoms with Crippen LogP contribution < -0.4 is 10.6 Å². The molecule has 1 aromatic heterocycles. The summed E-state index contributed by atoms with van der Waals surface area (Å²) in [4.78, 5) is 18.1. The summed E-state index contributed by atoms with van der Waals surface area (Å²) in [7, 11) is 0. The Morgan fingerprint density at radius 1 is 1.64 bits per heavy atom. The molecule has 1 rings (SSSR count). The molecule has 78 valence electrons. The van der Waals surface area contributed by atoms with Crippen LogP contribution in [-0.4, -0.2) is 28.5 Å². The smallest absolute Gasteiger partial charge is 0.234 e. The second-order valence-corrected chi connectivity index (χ2v) is 3.36. The molecular formula is C9H16N4O. The van der Waals surface area contributed by atoms with Gasteiger partial charge in [-0.15, -0.1) is 0 Å². The zero-order valence-corrected chi connectivity index (χ0v) is 8.50. The van der Waals surface area contributed by atoms with Crippen molar-refractivity contribution in [3.8, 4) is 0 Å². The number of aromatic nitrogens is 2. The van der Waals surface area contributed by atoms with Gasteiger partial charge in [0, 0.05) is 18.4 Å². The van der Waals surface area contributed by atoms with Gasteiger partial charge in [-0.1, -0.05) is 0 Å². The highest BCUT2D eigenvalue weighted by Gasteiger charge is 2.02. The third-order valence-electron chi connectivity index (χ3n) is 1.58. The summed E-state index contributed by atoms with van der Waals surface area (Å²) in [5, 5.41) is 5.78. The van der Waals surface area contributed by atoms with Crippen LogP contribution in [0.25, 0.3) is 0 Å². The van der Waals surface area contributed by atoms with E-state index in [4.69, 9.17) is 0 Å². The van der Waals surface area contributed by atoms with E-state index in [2.05, 4.69) is 20.6 Å². The fourth-order valence-electron chi connectivity index (χ4n) is 1.06. The maximum Gasteiger partial charge on any atom is 0.234 e. The first-order valence-corrected chi connectivity index (χ1v) is 4.67. The third-order valence-corrected chi connectivity index (χ3v) is 1.58. The first-order valence-electron chi connectivity index (χ1n) is 4.67. The second-order valence-electron chi connectivity index (χ2n) is 3.36. The SMILES string of the molecule is CC(C)NC(=O)CNCc1ncc[nH]1. The molecule has 0 saturated carbocycles. The van der Waals surface area contributed by atoms with Crippen molar-refractivity contribution in [3.05, 3.63) is 18.2 Å². The molecule has 5 nitrogen and oxygen atoms in total. The average molecular weight is 196 g/mol. The molecule has 0 fully saturated rings. The Balaban J connectivity index is 2.12. The molecule has 3 N–H and O–H groups in total. The predicted molar refractivity (Wildman–Crippen MR) is 53.6 cm³/mol. The van der Waals surface area contributed by atoms with Crippen molar-refractivity contribution in [1.82, 2.24) is 20.6 Å². The first kappa shape index (κ1) is 10.7. The van der Waals surface area contributed by atoms with Gasteiger partial charge in [0.2, 0.25) is 5.91 Å². The van der Waals surface area contributed by atoms with Gasteiger partial charge in [-0.2, -0.15) is 0 Å². The lowest BCUT2D eigenvalue weighted by Crippen LogP contribution is -2.37. The minimum atomic E-state index is 0.00607. The molecule has 0 radical (unpaired) electrons. The van der Waals surface area contributed by atoms with Crippen molar-refractivity contribution in [1.29, 1.82) is 0 Å². The van der Waals surface area contributed by atoms with E-state index in [0.29, 0.717) is 13.1 Å². The lowest BCUT2D eigenvalue weighted by atomic mass is 10.4. The molecule has 0 aliphatic rings. The summed E-state index contributed by atoms with van der Waals surface area (Å²) in [6.45, 7) is 4.77. The highest BCUT2D eigenvalue weighted by molar-refractivity contribution is 5.78. The van der Waals surface area contributed by atoms with E-state index >= 15 is 0 Å². The highest BCUT2D eigenvalue weighted by Crippen LogP contribution is 1.85. The van der Waals surface area contributed by atoms with Crippen LogP contribution in [0.3, 0.4) is 0 Å². The number of carbonyl (C=O) groups excluding carboxylic acids is 1. The molecule has 0 bridgehead atoms. The van der Waals surface area contributed by atoms with Crippen LogP contribution in [0.4, 0.5) is 0 Å². The average Bonchev–Trinajstić information content (AvgIpc) is 2.55. The standard InChI is InChI=1S/C9H16N4O/c1-7(2)13-9(14)6-10-5-8-11-3-4-12-8/h3-4,7,10H,5-6H2,1-2H3,(H,11,12)(H,13,14). The Morgan fingerprint density at radius 3 is 3.00 bits per heavy atom. The van der Waals surface area contributed by atoms with Crippen LogP contribution in [0, 0.1) is 0 Å². The van der Waals surface area contributed by atoms with Crippen LogP contribution in [-0.2, 0) is 11.3 Å². The lowest BCUT2D eigenvalue weighted by Gasteiger charge is -2.08. The quantitative estimate of drug-likeness (QED) is 0.622. The number of imidazole rings is 1. The number of hydrogen-bond acceptors (Lipinski definition) is 3. The lowest BCUT2D eigenvalue weighted by molar-refractivity contribution is -0.120. The van der Waals surface area contributed by atoms with E-state index in [-0.39, 0.29) is 11.9 Å². The van der Waals surface area contributed by atoms with Crippen molar-refractivity contribution in [2.45, 2.75) is 26.4 Å². The van der Waals surface area contributed by atoms with Crippen molar-refractivity contribution < 1.29 is 4.79 Å². The van der Waals surface area contributed by atoms with Crippen LogP contribution in [0.5, 0.6) is 0 Å². The number of carbonyl (C=O) groups is 1. The summed E-state index contributed by atoms with van der Waals surface area (Å²) in [6.07, 6.45) is 3.44. The summed E-state index contributed by atoms with van der Waals surface area (Å²) in [5.41, 5.74) is 0. The van der Waals surface area contributed by atoms with E-state index in [0.717, 1.165) is 5.82 Å². The van der Waals surface area contributed by atoms with Crippen molar-refractivity contribution in [2.24, 2.45) is 0 Å². The van der Waals surface area contributed by atoms with Gasteiger partial charge in [0.1, 0.15) is 5.82 Å². The molecular weight excluding hydrogens is 180 g/mol. The maximum absolute atomic E-state index is 11.2. The van der Waals surface area contributed by atoms with E-state index in [1.807, 2.05) is 13.8 Å². The van der Waals surface area contributed by atoms with Crippen molar-refractivity contribution in [3.63, 3.8) is 0 Å². The highest BCUT2D eigenvalue weighted by atomic mass is 16.1. The summed E-state index contributed by atoms with van der Waals surface area (Å²) in [6, 6.07) is 0.188. The number of aromatic amines is 1. The van der Waals surface area contributed by atoms with Gasteiger partial charge in [0.25, 0.3) is 0 Å². The number of nitrogens with zero attached hydrogens (tertiary/aromatic N) is 1. The normalized spacial score (nSPS) is 10.5. The Bertz CT molecular complexity index is 268. The van der Waals surface area contributed by atoms with Crippen molar-refractivity contribution >= 4 is 5.91 Å². The van der Waals surface area contributed by atoms with E-state index in [1.54, 1.807) is 12.4 Å². The van der Waals surface area contributed by atoms with Crippen LogP contribution in [0.15, 0.2) is 12.4 Å². The third kappa shape index (κ3) is 4.04. The molecule has 0 atom stereocenters. The van der Waals surface area contributed by atoms with Gasteiger partial charge in [-0.05, 0) is 13.8 Å². The van der Waals surface area contributed by atoms with Gasteiger partial charge in [-0.3, -0.25) is 4.79 Å². The van der Waals surface area contributed by atoms with Crippen LogP contribution in [0.1, 0.15) is 19.7 Å². The number of H-pyrrole nitrogens is 1. The molecule has 1 heterocycles. The molecule has 0 spiro atoms. The Morgan fingerprint density at radius 2 is 2.43 bits per heavy atom. The van der Waals surface area contributed by atoms with Gasteiger partial charge in [-0.25, -0.2) is 4.98 Å². The molecule has 1 amide bonds. The summed E-state index contributed by atoms with van der Waals surface area (Å²) >= 11 is 0. The van der Waals surface area contributed by atoms with E-state index in [1.165, 1.54) is 0 Å². The maximum atomic E-state index is 11.2. The Labute approximate surface area is 83.3 Å². The molecule has 5 heteroatoms. The molecule has 1 aromatic rings. The number of amides is 1. The van der Waals surface area contributed by atoms with Gasteiger partial charge < -0.3 is 15.6 Å². The van der Waals surface area contributed by atoms with Crippen LogP contribution >= 0.6 is 0 Å². The van der Waals surface area contributed by atoms with Gasteiger partial charge in [0.15, 0.2) is 0 Å². The minimum absolute atomic E-state index is 0.00607. The monoisotopic (exact) mass is 196 g/mol. The fourth-order valence-corrected chi connectivity index (χ4v) is 1.06. The molecule has 0 saturated heterocycles. The first-order chi connectivity index (χ1) is 6.68. The Kier molecular flexibility index (Phi) is 4.12. The zero-order valence-electron chi connectivity index (χ0n) is 8.50. The topological polar surface area (TPSA) is 69.8 Å². The number of hydrogen-bond donors (Lipinski definition) is 3. The molecule has 0 aliphatic heterocycles. The largest absolute Gasteiger partial charge is 0.353 e. The molecule has 14 heavy (non-hydrogen) atoms. The number of nitrogens with one attached hydrogen (secondary N) is 3. The molecule has 0 unspecified atom stereocenters. The predicted octanol–water partition coefficient (Wildman–Crippen LogP) is 0.0239. The zero-order chi connectivity index (χ0) is 10.4. The molecule has 0 aliphatic carbocycles. The second kappa shape index (κ2) is 5.39.